The van der Waals surface area contributed by atoms with Crippen molar-refractivity contribution in [2.24, 2.45) is 0 Å². The first kappa shape index (κ1) is 50.7. The molecule has 0 spiro atoms. The number of fused-ring (bicyclic) bond motifs is 4. The molecule has 0 aliphatic carbocycles. The van der Waals surface area contributed by atoms with Crippen LogP contribution in [0.1, 0.15) is 11.1 Å². The third-order valence-electron chi connectivity index (χ3n) is 14.3. The summed E-state index contributed by atoms with van der Waals surface area (Å²) < 4.78 is 0. The second-order valence-electron chi connectivity index (χ2n) is 18.4. The monoisotopic (exact) mass is 1160 g/mol. The van der Waals surface area contributed by atoms with Crippen LogP contribution >= 0.6 is 15.8 Å². The summed E-state index contributed by atoms with van der Waals surface area (Å²) >= 11 is 0. The molecule has 0 radical (unpaired) electrons. The zero-order valence-corrected chi connectivity index (χ0v) is 45.2. The second kappa shape index (κ2) is 22.7. The largest absolute Gasteiger partial charge is 1.00 e. The molecule has 14 aromatic carbocycles. The summed E-state index contributed by atoms with van der Waals surface area (Å²) in [5.74, 6) is 5.09. The second-order valence-corrected chi connectivity index (χ2v) is 23.7. The molecular weight excluding hydrogens is 1120 g/mol. The van der Waals surface area contributed by atoms with Gasteiger partial charge in [-0.05, 0) is 135 Å². The van der Waals surface area contributed by atoms with Gasteiger partial charge in [-0.2, -0.15) is 0 Å². The molecule has 0 bridgehead atoms. The summed E-state index contributed by atoms with van der Waals surface area (Å²) in [4.78, 5) is 0. The van der Waals surface area contributed by atoms with Crippen molar-refractivity contribution < 1.29 is 44.8 Å². The predicted octanol–water partition coefficient (Wildman–Crippen LogP) is 16.1. The van der Waals surface area contributed by atoms with Crippen molar-refractivity contribution in [1.29, 1.82) is 0 Å². The summed E-state index contributed by atoms with van der Waals surface area (Å²) in [6.07, 6.45) is 17.5. The van der Waals surface area contributed by atoms with E-state index in [0.29, 0.717) is 0 Å². The van der Waals surface area contributed by atoms with Crippen molar-refractivity contribution >= 4 is 123 Å². The van der Waals surface area contributed by atoms with Crippen LogP contribution in [0.4, 0.5) is 0 Å². The first-order chi connectivity index (χ1) is 35.6. The number of hydrogen-bond donors (Lipinski definition) is 0. The van der Waals surface area contributed by atoms with E-state index >= 15 is 0 Å². The Bertz CT molecular complexity index is 3930. The minimum Gasteiger partial charge on any atom is -0.366 e. The van der Waals surface area contributed by atoms with E-state index in [0.717, 1.165) is 11.1 Å². The Balaban J connectivity index is 0.000000126. The maximum absolute atomic E-state index is 7.50. The molecule has 0 unspecified atom stereocenters. The molecule has 0 saturated carbocycles. The Labute approximate surface area is 467 Å². The van der Waals surface area contributed by atoms with Crippen molar-refractivity contribution in [2.75, 3.05) is 12.3 Å². The Kier molecular flexibility index (Phi) is 15.6. The number of hydrogen-bond acceptors (Lipinski definition) is 0. The van der Waals surface area contributed by atoms with Crippen LogP contribution in [0, 0.1) is 24.7 Å². The molecule has 0 aliphatic rings. The van der Waals surface area contributed by atoms with Gasteiger partial charge in [-0.25, -0.2) is 0 Å². The maximum Gasteiger partial charge on any atom is 1.00 e. The smallest absolute Gasteiger partial charge is 0.366 e. The van der Waals surface area contributed by atoms with Gasteiger partial charge in [-0.15, -0.1) is 35.4 Å². The molecule has 0 N–H and O–H groups in total. The van der Waals surface area contributed by atoms with E-state index in [2.05, 4.69) is 254 Å². The van der Waals surface area contributed by atoms with Crippen molar-refractivity contribution in [2.45, 2.75) is 0 Å². The summed E-state index contributed by atoms with van der Waals surface area (Å²) in [5.41, 5.74) is 1.66. The minimum absolute atomic E-state index is 0. The zero-order valence-electron chi connectivity index (χ0n) is 40.3. The quantitative estimate of drug-likeness (QED) is 0.0373. The summed E-state index contributed by atoms with van der Waals surface area (Å²) in [7, 11) is -1.57. The first-order valence-corrected chi connectivity index (χ1v) is 28.0. The van der Waals surface area contributed by atoms with E-state index in [-0.39, 0.29) is 44.8 Å². The molecule has 4 heteroatoms. The van der Waals surface area contributed by atoms with Crippen LogP contribution in [0.3, 0.4) is 0 Å². The van der Waals surface area contributed by atoms with Gasteiger partial charge in [0.2, 0.25) is 0 Å². The standard InChI is InChI=1S/C26H24P2.2C22H11.2Ag/c1-5-13-23(14-6-1)27(24-15-7-2-8-16-24)21-22-28(25-17-9-3-10-18-25)26-19-11-4-12-20-26;2*1-2-14-12-16-8-5-10-18-17-9-3-6-15-7-4-11-19(21(15)17)20(13-14)22(16)18;;/h1-20H,21-22H2;2*3-13H;;/q;2*-1;2*+1/p+2. The van der Waals surface area contributed by atoms with Gasteiger partial charge in [0.05, 0.1) is 37.1 Å². The Morgan fingerprint density at radius 1 is 0.257 bits per heavy atom. The Morgan fingerprint density at radius 3 is 0.770 bits per heavy atom. The molecule has 74 heavy (non-hydrogen) atoms. The van der Waals surface area contributed by atoms with Gasteiger partial charge in [-0.1, -0.05) is 182 Å². The molecule has 0 atom stereocenters. The van der Waals surface area contributed by atoms with E-state index in [1.165, 1.54) is 120 Å². The first-order valence-electron chi connectivity index (χ1n) is 24.6. The summed E-state index contributed by atoms with van der Waals surface area (Å²) in [5, 5.41) is 26.3. The maximum atomic E-state index is 7.50. The van der Waals surface area contributed by atoms with Crippen LogP contribution in [0.15, 0.2) is 255 Å². The van der Waals surface area contributed by atoms with Gasteiger partial charge in [-0.3, -0.25) is 11.8 Å². The molecule has 0 fully saturated rings. The van der Waals surface area contributed by atoms with Crippen molar-refractivity contribution in [3.8, 4) is 11.8 Å². The van der Waals surface area contributed by atoms with E-state index in [4.69, 9.17) is 12.8 Å². The van der Waals surface area contributed by atoms with Crippen LogP contribution in [0.5, 0.6) is 0 Å². The Morgan fingerprint density at radius 2 is 0.500 bits per heavy atom. The normalized spacial score (nSPS) is 11.1. The topological polar surface area (TPSA) is 0 Å². The summed E-state index contributed by atoms with van der Waals surface area (Å²) in [6, 6.07) is 91.5. The van der Waals surface area contributed by atoms with Gasteiger partial charge in [0, 0.05) is 0 Å². The molecule has 14 rings (SSSR count). The fourth-order valence-electron chi connectivity index (χ4n) is 11.2. The Hall–Kier alpha value is -6.86. The third-order valence-corrected chi connectivity index (χ3v) is 20.4. The summed E-state index contributed by atoms with van der Waals surface area (Å²) in [6.45, 7) is 0. The fourth-order valence-corrected chi connectivity index (χ4v) is 17.4. The SMILES string of the molecule is [Ag+].[Ag+].[C-]#Cc1cc2cccc3c4cccc5cccc(c(c1)c23)c54.[C-]#Cc1cc2cccc3c4cccc5cccc(c(c1)c23)c54.c1ccc([PH+](CC[PH+](c2ccccc2)c2ccccc2)c2ccccc2)cc1. The molecule has 0 aromatic heterocycles. The molecular formula is C70H48Ag2P2+2. The molecule has 0 amide bonds. The number of benzene rings is 14. The van der Waals surface area contributed by atoms with Crippen LogP contribution in [0.25, 0.3) is 86.2 Å². The van der Waals surface area contributed by atoms with E-state index in [9.17, 15) is 0 Å². The van der Waals surface area contributed by atoms with Crippen molar-refractivity contribution in [3.05, 3.63) is 279 Å². The van der Waals surface area contributed by atoms with Crippen LogP contribution in [0.2, 0.25) is 0 Å². The zero-order chi connectivity index (χ0) is 48.4. The van der Waals surface area contributed by atoms with E-state index in [1.54, 1.807) is 0 Å². The van der Waals surface area contributed by atoms with Gasteiger partial charge in [0.15, 0.2) is 0 Å². The average Bonchev–Trinajstić information content (AvgIpc) is 3.46. The van der Waals surface area contributed by atoms with Crippen molar-refractivity contribution in [3.63, 3.8) is 0 Å². The molecule has 0 saturated heterocycles. The van der Waals surface area contributed by atoms with Gasteiger partial charge < -0.3 is 12.8 Å². The average molecular weight is 1170 g/mol. The van der Waals surface area contributed by atoms with Gasteiger partial charge in [0.1, 0.15) is 12.3 Å². The third kappa shape index (κ3) is 9.71. The minimum atomic E-state index is -0.783. The molecule has 0 heterocycles. The van der Waals surface area contributed by atoms with E-state index < -0.39 is 15.8 Å². The van der Waals surface area contributed by atoms with Gasteiger partial charge >= 0.3 is 44.8 Å². The number of rotatable bonds is 7. The molecule has 14 aromatic rings. The van der Waals surface area contributed by atoms with Gasteiger partial charge in [0.25, 0.3) is 0 Å². The van der Waals surface area contributed by atoms with Crippen LogP contribution in [-0.4, -0.2) is 12.3 Å². The molecule has 0 nitrogen and oxygen atoms in total. The van der Waals surface area contributed by atoms with Crippen LogP contribution in [-0.2, 0) is 44.8 Å². The van der Waals surface area contributed by atoms with Crippen LogP contribution < -0.4 is 21.2 Å². The fraction of sp³-hybridized carbons (Fsp3) is 0.0286. The predicted molar refractivity (Wildman–Crippen MR) is 318 cm³/mol. The molecule has 0 aliphatic heterocycles. The van der Waals surface area contributed by atoms with E-state index in [1.807, 2.05) is 12.1 Å². The molecule has 358 valence electrons. The van der Waals surface area contributed by atoms with Crippen molar-refractivity contribution in [1.82, 2.24) is 0 Å².